The van der Waals surface area contributed by atoms with Gasteiger partial charge in [0.2, 0.25) is 0 Å². The van der Waals surface area contributed by atoms with Crippen LogP contribution in [0.1, 0.15) is 16.8 Å². The fourth-order valence-electron chi connectivity index (χ4n) is 1.65. The Morgan fingerprint density at radius 2 is 1.95 bits per heavy atom. The summed E-state index contributed by atoms with van der Waals surface area (Å²) in [4.78, 5) is 34.7. The van der Waals surface area contributed by atoms with Gasteiger partial charge in [-0.3, -0.25) is 14.4 Å². The minimum atomic E-state index is -0.979. The third kappa shape index (κ3) is 4.97. The first-order chi connectivity index (χ1) is 10.3. The zero-order chi connectivity index (χ0) is 16.7. The monoisotopic (exact) mass is 310 g/mol. The first-order valence-electron chi connectivity index (χ1n) is 6.41. The Labute approximate surface area is 127 Å². The third-order valence-electron chi connectivity index (χ3n) is 2.79. The predicted molar refractivity (Wildman–Crippen MR) is 76.9 cm³/mol. The van der Waals surface area contributed by atoms with Crippen molar-refractivity contribution in [2.24, 2.45) is 5.73 Å². The number of nitrogens with zero attached hydrogens (tertiary/aromatic N) is 1. The molecule has 0 aliphatic rings. The summed E-state index contributed by atoms with van der Waals surface area (Å²) < 4.78 is 10.3. The van der Waals surface area contributed by atoms with Crippen molar-refractivity contribution < 1.29 is 29.0 Å². The number of hydrogen-bond donors (Lipinski definition) is 2. The number of ether oxygens (including phenoxy) is 2. The van der Waals surface area contributed by atoms with Gasteiger partial charge in [0.25, 0.3) is 11.8 Å². The van der Waals surface area contributed by atoms with Crippen LogP contribution in [0.3, 0.4) is 0 Å². The lowest BCUT2D eigenvalue weighted by atomic mass is 10.1. The van der Waals surface area contributed by atoms with E-state index in [0.29, 0.717) is 5.56 Å². The Morgan fingerprint density at radius 3 is 2.50 bits per heavy atom. The maximum atomic E-state index is 12.2. The molecule has 0 heterocycles. The van der Waals surface area contributed by atoms with Crippen molar-refractivity contribution >= 4 is 17.8 Å². The molecule has 0 spiro atoms. The van der Waals surface area contributed by atoms with Crippen LogP contribution in [-0.2, 0) is 9.59 Å². The molecule has 0 aromatic heterocycles. The molecule has 0 saturated heterocycles. The molecular formula is C14H18N2O6. The summed E-state index contributed by atoms with van der Waals surface area (Å²) in [6.45, 7) is -0.210. The summed E-state index contributed by atoms with van der Waals surface area (Å²) in [6.07, 6.45) is -0.140. The van der Waals surface area contributed by atoms with Gasteiger partial charge in [-0.25, -0.2) is 0 Å². The van der Waals surface area contributed by atoms with E-state index >= 15 is 0 Å². The third-order valence-corrected chi connectivity index (χ3v) is 2.79. The zero-order valence-corrected chi connectivity index (χ0v) is 12.4. The number of amides is 2. The Hall–Kier alpha value is -2.77. The summed E-state index contributed by atoms with van der Waals surface area (Å²) in [6, 6.07) is 4.44. The SMILES string of the molecule is COc1cc(C(=O)N(C)CCC(=O)O)ccc1OCC(N)=O. The summed E-state index contributed by atoms with van der Waals surface area (Å²) in [5.41, 5.74) is 5.31. The van der Waals surface area contributed by atoms with Gasteiger partial charge in [-0.1, -0.05) is 0 Å². The first kappa shape index (κ1) is 17.3. The molecule has 2 amide bonds. The molecule has 0 unspecified atom stereocenters. The quantitative estimate of drug-likeness (QED) is 0.703. The van der Waals surface area contributed by atoms with Crippen LogP contribution in [0.5, 0.6) is 11.5 Å². The van der Waals surface area contributed by atoms with Crippen LogP contribution in [0.15, 0.2) is 18.2 Å². The second-order valence-corrected chi connectivity index (χ2v) is 4.49. The minimum Gasteiger partial charge on any atom is -0.493 e. The molecule has 0 atom stereocenters. The predicted octanol–water partition coefficient (Wildman–Crippen LogP) is 0.106. The van der Waals surface area contributed by atoms with Crippen molar-refractivity contribution in [3.8, 4) is 11.5 Å². The number of carboxylic acid groups (broad SMARTS) is 1. The first-order valence-corrected chi connectivity index (χ1v) is 6.41. The molecule has 22 heavy (non-hydrogen) atoms. The van der Waals surface area contributed by atoms with Crippen molar-refractivity contribution in [3.63, 3.8) is 0 Å². The van der Waals surface area contributed by atoms with E-state index in [1.54, 1.807) is 0 Å². The average Bonchev–Trinajstić information content (AvgIpc) is 2.49. The fourth-order valence-corrected chi connectivity index (χ4v) is 1.65. The zero-order valence-electron chi connectivity index (χ0n) is 12.4. The van der Waals surface area contributed by atoms with Gasteiger partial charge in [0.1, 0.15) is 0 Å². The van der Waals surface area contributed by atoms with Gasteiger partial charge in [-0.05, 0) is 18.2 Å². The van der Waals surface area contributed by atoms with Crippen LogP contribution in [0.4, 0.5) is 0 Å². The largest absolute Gasteiger partial charge is 0.493 e. The normalized spacial score (nSPS) is 9.91. The maximum absolute atomic E-state index is 12.2. The molecule has 0 aliphatic heterocycles. The lowest BCUT2D eigenvalue weighted by Gasteiger charge is -2.17. The van der Waals surface area contributed by atoms with Crippen LogP contribution in [0.25, 0.3) is 0 Å². The maximum Gasteiger partial charge on any atom is 0.305 e. The smallest absolute Gasteiger partial charge is 0.305 e. The van der Waals surface area contributed by atoms with E-state index in [1.165, 1.54) is 37.3 Å². The van der Waals surface area contributed by atoms with Gasteiger partial charge in [-0.2, -0.15) is 0 Å². The number of carbonyl (C=O) groups is 3. The van der Waals surface area contributed by atoms with E-state index in [4.69, 9.17) is 20.3 Å². The topological polar surface area (TPSA) is 119 Å². The summed E-state index contributed by atoms with van der Waals surface area (Å²) in [7, 11) is 2.91. The highest BCUT2D eigenvalue weighted by atomic mass is 16.5. The number of primary amides is 1. The number of carboxylic acids is 1. The highest BCUT2D eigenvalue weighted by Gasteiger charge is 2.16. The van der Waals surface area contributed by atoms with Crippen LogP contribution in [0.2, 0.25) is 0 Å². The number of carbonyl (C=O) groups excluding carboxylic acids is 2. The molecule has 0 aliphatic carbocycles. The van der Waals surface area contributed by atoms with Crippen LogP contribution >= 0.6 is 0 Å². The Bertz CT molecular complexity index is 572. The molecule has 1 aromatic carbocycles. The van der Waals surface area contributed by atoms with Crippen molar-refractivity contribution in [1.29, 1.82) is 0 Å². The van der Waals surface area contributed by atoms with Gasteiger partial charge < -0.3 is 25.2 Å². The average molecular weight is 310 g/mol. The van der Waals surface area contributed by atoms with Gasteiger partial charge in [-0.15, -0.1) is 0 Å². The standard InChI is InChI=1S/C14H18N2O6/c1-16(6-5-13(18)19)14(20)9-3-4-10(11(7-9)21-2)22-8-12(15)17/h3-4,7H,5-6,8H2,1-2H3,(H2,15,17)(H,18,19). The van der Waals surface area contributed by atoms with Gasteiger partial charge >= 0.3 is 5.97 Å². The summed E-state index contributed by atoms with van der Waals surface area (Å²) in [5.74, 6) is -1.39. The van der Waals surface area contributed by atoms with E-state index in [9.17, 15) is 14.4 Å². The second-order valence-electron chi connectivity index (χ2n) is 4.49. The molecule has 0 fully saturated rings. The molecule has 8 nitrogen and oxygen atoms in total. The molecule has 1 aromatic rings. The van der Waals surface area contributed by atoms with Gasteiger partial charge in [0, 0.05) is 19.2 Å². The van der Waals surface area contributed by atoms with Gasteiger partial charge in [0.05, 0.1) is 13.5 Å². The molecule has 0 radical (unpaired) electrons. The summed E-state index contributed by atoms with van der Waals surface area (Å²) in [5, 5.41) is 8.62. The van der Waals surface area contributed by atoms with Crippen LogP contribution in [-0.4, -0.2) is 55.1 Å². The minimum absolute atomic E-state index is 0.0937. The van der Waals surface area contributed by atoms with E-state index in [0.717, 1.165) is 0 Å². The lowest BCUT2D eigenvalue weighted by Crippen LogP contribution is -2.29. The van der Waals surface area contributed by atoms with E-state index < -0.39 is 11.9 Å². The number of rotatable bonds is 8. The van der Waals surface area contributed by atoms with E-state index in [2.05, 4.69) is 0 Å². The van der Waals surface area contributed by atoms with E-state index in [1.807, 2.05) is 0 Å². The number of methoxy groups -OCH3 is 1. The Balaban J connectivity index is 2.85. The van der Waals surface area contributed by atoms with E-state index in [-0.39, 0.29) is 37.0 Å². The second kappa shape index (κ2) is 7.87. The molecule has 1 rings (SSSR count). The molecule has 0 bridgehead atoms. The molecule has 3 N–H and O–H groups in total. The highest BCUT2D eigenvalue weighted by molar-refractivity contribution is 5.95. The fraction of sp³-hybridized carbons (Fsp3) is 0.357. The number of aliphatic carboxylic acids is 1. The lowest BCUT2D eigenvalue weighted by molar-refractivity contribution is -0.137. The van der Waals surface area contributed by atoms with Crippen molar-refractivity contribution in [3.05, 3.63) is 23.8 Å². The number of hydrogen-bond acceptors (Lipinski definition) is 5. The van der Waals surface area contributed by atoms with Crippen molar-refractivity contribution in [1.82, 2.24) is 4.90 Å². The Kier molecular flexibility index (Phi) is 6.18. The van der Waals surface area contributed by atoms with Crippen LogP contribution in [0, 0.1) is 0 Å². The number of benzene rings is 1. The summed E-state index contributed by atoms with van der Waals surface area (Å²) >= 11 is 0. The Morgan fingerprint density at radius 1 is 1.27 bits per heavy atom. The van der Waals surface area contributed by atoms with Crippen LogP contribution < -0.4 is 15.2 Å². The van der Waals surface area contributed by atoms with Gasteiger partial charge in [0.15, 0.2) is 18.1 Å². The highest BCUT2D eigenvalue weighted by Crippen LogP contribution is 2.28. The molecule has 8 heteroatoms. The molecular weight excluding hydrogens is 292 g/mol. The van der Waals surface area contributed by atoms with Crippen molar-refractivity contribution in [2.45, 2.75) is 6.42 Å². The molecule has 0 saturated carbocycles. The molecule has 120 valence electrons. The number of nitrogens with two attached hydrogens (primary N) is 1. The van der Waals surface area contributed by atoms with Crippen molar-refractivity contribution in [2.75, 3.05) is 27.3 Å².